The highest BCUT2D eigenvalue weighted by molar-refractivity contribution is 5.31. The van der Waals surface area contributed by atoms with Gasteiger partial charge in [-0.05, 0) is 24.3 Å². The molecule has 84 valence electrons. The van der Waals surface area contributed by atoms with E-state index in [0.29, 0.717) is 5.69 Å². The molecule has 2 aromatic rings. The second kappa shape index (κ2) is 3.88. The molecule has 0 saturated heterocycles. The topological polar surface area (TPSA) is 37.8 Å². The number of benzene rings is 1. The predicted molar refractivity (Wildman–Crippen MR) is 51.3 cm³/mol. The zero-order valence-corrected chi connectivity index (χ0v) is 7.95. The lowest BCUT2D eigenvalue weighted by atomic mass is 10.3. The fraction of sp³-hybridized carbons (Fsp3) is 0.100. The Balaban J connectivity index is 2.48. The summed E-state index contributed by atoms with van der Waals surface area (Å²) in [7, 11) is 0. The third-order valence-corrected chi connectivity index (χ3v) is 2.06. The number of hydrogen-bond donors (Lipinski definition) is 1. The van der Waals surface area contributed by atoms with E-state index < -0.39 is 23.5 Å². The Morgan fingerprint density at radius 2 is 1.81 bits per heavy atom. The Morgan fingerprint density at radius 1 is 1.19 bits per heavy atom. The highest BCUT2D eigenvalue weighted by Gasteiger charge is 2.12. The van der Waals surface area contributed by atoms with Crippen molar-refractivity contribution >= 4 is 0 Å². The number of hydrogen-bond acceptors (Lipinski definition) is 1. The third-order valence-electron chi connectivity index (χ3n) is 2.06. The first-order valence-electron chi connectivity index (χ1n) is 4.44. The minimum atomic E-state index is -2.74. The summed E-state index contributed by atoms with van der Waals surface area (Å²) in [5, 5.41) is 2.25. The maximum atomic E-state index is 12.6. The van der Waals surface area contributed by atoms with Gasteiger partial charge in [0.05, 0.1) is 5.69 Å². The Bertz CT molecular complexity index is 542. The molecule has 0 atom stereocenters. The van der Waals surface area contributed by atoms with Crippen molar-refractivity contribution in [3.63, 3.8) is 0 Å². The quantitative estimate of drug-likeness (QED) is 0.840. The van der Waals surface area contributed by atoms with Crippen LogP contribution in [0.3, 0.4) is 0 Å². The summed E-state index contributed by atoms with van der Waals surface area (Å²) < 4.78 is 38.1. The number of aromatic amines is 1. The van der Waals surface area contributed by atoms with E-state index in [4.69, 9.17) is 0 Å². The summed E-state index contributed by atoms with van der Waals surface area (Å²) in [5.74, 6) is -0.461. The van der Waals surface area contributed by atoms with Crippen LogP contribution in [0.2, 0.25) is 0 Å². The van der Waals surface area contributed by atoms with Gasteiger partial charge in [0.2, 0.25) is 0 Å². The Labute approximate surface area is 88.1 Å². The second-order valence-electron chi connectivity index (χ2n) is 3.16. The summed E-state index contributed by atoms with van der Waals surface area (Å²) in [5.41, 5.74) is -0.769. The van der Waals surface area contributed by atoms with Gasteiger partial charge in [0, 0.05) is 6.07 Å². The number of halogens is 3. The molecule has 0 aliphatic heterocycles. The van der Waals surface area contributed by atoms with Crippen LogP contribution in [0.4, 0.5) is 13.2 Å². The third kappa shape index (κ3) is 1.86. The molecular formula is C10H7F3N2O. The van der Waals surface area contributed by atoms with Crippen LogP contribution in [0.1, 0.15) is 12.1 Å². The van der Waals surface area contributed by atoms with Gasteiger partial charge in [0.15, 0.2) is 0 Å². The van der Waals surface area contributed by atoms with Crippen LogP contribution in [0, 0.1) is 5.82 Å². The van der Waals surface area contributed by atoms with Crippen molar-refractivity contribution in [3.05, 3.63) is 52.2 Å². The van der Waals surface area contributed by atoms with Crippen LogP contribution in [0.15, 0.2) is 35.1 Å². The maximum Gasteiger partial charge on any atom is 0.279 e. The van der Waals surface area contributed by atoms with Crippen LogP contribution in [0.5, 0.6) is 0 Å². The van der Waals surface area contributed by atoms with Gasteiger partial charge in [-0.2, -0.15) is 0 Å². The number of nitrogens with one attached hydrogen (secondary N) is 1. The standard InChI is InChI=1S/C10H7F3N2O/c11-6-1-3-7(4-2-6)15-9(16)5-8(14-15)10(12)13/h1-5,10,14H. The molecule has 1 aromatic heterocycles. The fourth-order valence-corrected chi connectivity index (χ4v) is 1.31. The van der Waals surface area contributed by atoms with Crippen molar-refractivity contribution in [2.75, 3.05) is 0 Å². The molecule has 0 unspecified atom stereocenters. The molecule has 0 aliphatic carbocycles. The first-order chi connectivity index (χ1) is 7.58. The number of nitrogens with zero attached hydrogens (tertiary/aromatic N) is 1. The molecule has 2 rings (SSSR count). The van der Waals surface area contributed by atoms with E-state index in [1.165, 1.54) is 12.1 Å². The molecule has 0 bridgehead atoms. The molecule has 1 aromatic carbocycles. The monoisotopic (exact) mass is 228 g/mol. The van der Waals surface area contributed by atoms with Gasteiger partial charge in [-0.3, -0.25) is 9.89 Å². The van der Waals surface area contributed by atoms with Gasteiger partial charge in [0.25, 0.3) is 12.0 Å². The minimum absolute atomic E-state index is 0.304. The lowest BCUT2D eigenvalue weighted by Crippen LogP contribution is -2.13. The molecule has 1 N–H and O–H groups in total. The first kappa shape index (κ1) is 10.5. The van der Waals surface area contributed by atoms with E-state index in [1.807, 2.05) is 0 Å². The van der Waals surface area contributed by atoms with Crippen LogP contribution in [0.25, 0.3) is 5.69 Å². The van der Waals surface area contributed by atoms with E-state index in [1.54, 1.807) is 0 Å². The second-order valence-corrected chi connectivity index (χ2v) is 3.16. The van der Waals surface area contributed by atoms with Crippen LogP contribution in [-0.4, -0.2) is 9.78 Å². The zero-order valence-electron chi connectivity index (χ0n) is 7.95. The van der Waals surface area contributed by atoms with Gasteiger partial charge in [0.1, 0.15) is 11.5 Å². The highest BCUT2D eigenvalue weighted by Crippen LogP contribution is 2.15. The summed E-state index contributed by atoms with van der Waals surface area (Å²) in [6.07, 6.45) is -2.74. The van der Waals surface area contributed by atoms with Crippen LogP contribution < -0.4 is 5.56 Å². The summed E-state index contributed by atoms with van der Waals surface area (Å²) in [4.78, 5) is 11.3. The van der Waals surface area contributed by atoms with Gasteiger partial charge in [-0.25, -0.2) is 17.9 Å². The zero-order chi connectivity index (χ0) is 11.7. The summed E-state index contributed by atoms with van der Waals surface area (Å²) in [6, 6.07) is 5.74. The molecule has 0 saturated carbocycles. The van der Waals surface area contributed by atoms with Gasteiger partial charge in [-0.15, -0.1) is 0 Å². The molecular weight excluding hydrogens is 221 g/mol. The van der Waals surface area contributed by atoms with Gasteiger partial charge < -0.3 is 0 Å². The highest BCUT2D eigenvalue weighted by atomic mass is 19.3. The molecule has 1 heterocycles. The number of rotatable bonds is 2. The number of aromatic nitrogens is 2. The normalized spacial score (nSPS) is 11.0. The average Bonchev–Trinajstić information content (AvgIpc) is 2.62. The smallest absolute Gasteiger partial charge is 0.279 e. The van der Waals surface area contributed by atoms with E-state index in [0.717, 1.165) is 22.9 Å². The molecule has 0 radical (unpaired) electrons. The molecule has 0 fully saturated rings. The Morgan fingerprint density at radius 3 is 2.31 bits per heavy atom. The van der Waals surface area contributed by atoms with Crippen LogP contribution in [-0.2, 0) is 0 Å². The predicted octanol–water partition coefficient (Wildman–Crippen LogP) is 2.24. The maximum absolute atomic E-state index is 12.6. The van der Waals surface area contributed by atoms with Crippen molar-refractivity contribution in [1.29, 1.82) is 0 Å². The van der Waals surface area contributed by atoms with Crippen molar-refractivity contribution < 1.29 is 13.2 Å². The van der Waals surface area contributed by atoms with Crippen molar-refractivity contribution in [1.82, 2.24) is 9.78 Å². The van der Waals surface area contributed by atoms with Gasteiger partial charge in [-0.1, -0.05) is 0 Å². The lowest BCUT2D eigenvalue weighted by Gasteiger charge is -2.01. The van der Waals surface area contributed by atoms with Crippen molar-refractivity contribution in [2.24, 2.45) is 0 Å². The Kier molecular flexibility index (Phi) is 2.55. The van der Waals surface area contributed by atoms with E-state index in [2.05, 4.69) is 5.10 Å². The van der Waals surface area contributed by atoms with Crippen LogP contribution >= 0.6 is 0 Å². The van der Waals surface area contributed by atoms with Crippen molar-refractivity contribution in [2.45, 2.75) is 6.43 Å². The lowest BCUT2D eigenvalue weighted by molar-refractivity contribution is 0.145. The number of H-pyrrole nitrogens is 1. The fourth-order valence-electron chi connectivity index (χ4n) is 1.31. The molecule has 0 spiro atoms. The minimum Gasteiger partial charge on any atom is -0.289 e. The molecule has 0 aliphatic rings. The number of alkyl halides is 2. The average molecular weight is 228 g/mol. The Hall–Kier alpha value is -1.98. The van der Waals surface area contributed by atoms with Gasteiger partial charge >= 0.3 is 0 Å². The summed E-state index contributed by atoms with van der Waals surface area (Å²) in [6.45, 7) is 0. The van der Waals surface area contributed by atoms with E-state index >= 15 is 0 Å². The molecule has 0 amide bonds. The molecule has 16 heavy (non-hydrogen) atoms. The largest absolute Gasteiger partial charge is 0.289 e. The SMILES string of the molecule is O=c1cc(C(F)F)[nH]n1-c1ccc(F)cc1. The molecule has 6 heteroatoms. The first-order valence-corrected chi connectivity index (χ1v) is 4.44. The van der Waals surface area contributed by atoms with E-state index in [-0.39, 0.29) is 0 Å². The summed E-state index contributed by atoms with van der Waals surface area (Å²) >= 11 is 0. The molecule has 3 nitrogen and oxygen atoms in total. The van der Waals surface area contributed by atoms with Crippen molar-refractivity contribution in [3.8, 4) is 5.69 Å². The van der Waals surface area contributed by atoms with E-state index in [9.17, 15) is 18.0 Å².